The van der Waals surface area contributed by atoms with Gasteiger partial charge in [-0.2, -0.15) is 0 Å². The number of ether oxygens (including phenoxy) is 1. The zero-order valence-corrected chi connectivity index (χ0v) is 19.1. The van der Waals surface area contributed by atoms with Crippen molar-refractivity contribution < 1.29 is 14.3 Å². The monoisotopic (exact) mass is 445 g/mol. The van der Waals surface area contributed by atoms with E-state index in [1.807, 2.05) is 79.9 Å². The van der Waals surface area contributed by atoms with Gasteiger partial charge < -0.3 is 9.30 Å². The first kappa shape index (κ1) is 21.5. The first-order valence-electron chi connectivity index (χ1n) is 10.1. The van der Waals surface area contributed by atoms with Crippen LogP contribution in [0.15, 0.2) is 60.2 Å². The molecule has 1 fully saturated rings. The molecular formula is C25H23N3O3S. The average Bonchev–Trinajstić information content (AvgIpc) is 3.10. The molecule has 6 nitrogen and oxygen atoms in total. The molecule has 2 heterocycles. The van der Waals surface area contributed by atoms with Gasteiger partial charge >= 0.3 is 0 Å². The number of aromatic nitrogens is 1. The fourth-order valence-electron chi connectivity index (χ4n) is 3.87. The van der Waals surface area contributed by atoms with Crippen molar-refractivity contribution in [2.75, 3.05) is 12.0 Å². The Morgan fingerprint density at radius 1 is 0.906 bits per heavy atom. The normalized spacial score (nSPS) is 15.3. The van der Waals surface area contributed by atoms with Crippen molar-refractivity contribution in [3.05, 3.63) is 82.7 Å². The van der Waals surface area contributed by atoms with E-state index in [1.165, 1.54) is 4.90 Å². The Hall–Kier alpha value is -3.71. The van der Waals surface area contributed by atoms with Gasteiger partial charge in [-0.05, 0) is 98.7 Å². The largest absolute Gasteiger partial charge is 0.497 e. The van der Waals surface area contributed by atoms with Crippen LogP contribution in [-0.2, 0) is 9.59 Å². The summed E-state index contributed by atoms with van der Waals surface area (Å²) in [5.41, 5.74) is 5.22. The van der Waals surface area contributed by atoms with Gasteiger partial charge in [-0.3, -0.25) is 19.8 Å². The van der Waals surface area contributed by atoms with Gasteiger partial charge in [0, 0.05) is 17.1 Å². The lowest BCUT2D eigenvalue weighted by atomic mass is 10.1. The van der Waals surface area contributed by atoms with Crippen LogP contribution in [0.25, 0.3) is 11.8 Å². The van der Waals surface area contributed by atoms with E-state index in [0.717, 1.165) is 28.3 Å². The summed E-state index contributed by atoms with van der Waals surface area (Å²) in [6.45, 7) is 5.87. The molecule has 1 aromatic heterocycles. The molecule has 0 aliphatic carbocycles. The number of hydrogen-bond donors (Lipinski definition) is 1. The highest BCUT2D eigenvalue weighted by molar-refractivity contribution is 7.80. The third kappa shape index (κ3) is 3.94. The SMILES string of the molecule is COc1ccc(-n2c(C)ccc2/C=C2\C(=O)NC(=S)N(c3cc(C)cc(C)c3)C2=O)cc1. The van der Waals surface area contributed by atoms with Crippen LogP contribution in [0.5, 0.6) is 5.75 Å². The molecule has 2 aromatic carbocycles. The number of carbonyl (C=O) groups is 2. The second kappa shape index (κ2) is 8.43. The molecule has 4 rings (SSSR count). The van der Waals surface area contributed by atoms with Gasteiger partial charge in [0.25, 0.3) is 11.8 Å². The number of aryl methyl sites for hydroxylation is 3. The van der Waals surface area contributed by atoms with E-state index >= 15 is 0 Å². The van der Waals surface area contributed by atoms with Gasteiger partial charge in [0.2, 0.25) is 0 Å². The summed E-state index contributed by atoms with van der Waals surface area (Å²) in [5.74, 6) is -0.220. The molecule has 0 saturated carbocycles. The summed E-state index contributed by atoms with van der Waals surface area (Å²) < 4.78 is 7.21. The lowest BCUT2D eigenvalue weighted by molar-refractivity contribution is -0.122. The molecule has 7 heteroatoms. The summed E-state index contributed by atoms with van der Waals surface area (Å²) in [7, 11) is 1.62. The molecule has 0 unspecified atom stereocenters. The van der Waals surface area contributed by atoms with Crippen molar-refractivity contribution in [3.63, 3.8) is 0 Å². The number of benzene rings is 2. The Morgan fingerprint density at radius 2 is 1.56 bits per heavy atom. The van der Waals surface area contributed by atoms with Crippen molar-refractivity contribution in [1.29, 1.82) is 0 Å². The van der Waals surface area contributed by atoms with Crippen LogP contribution >= 0.6 is 12.2 Å². The number of rotatable bonds is 4. The number of anilines is 1. The van der Waals surface area contributed by atoms with Crippen molar-refractivity contribution in [3.8, 4) is 11.4 Å². The molecule has 162 valence electrons. The third-order valence-corrected chi connectivity index (χ3v) is 5.58. The highest BCUT2D eigenvalue weighted by atomic mass is 32.1. The number of thiocarbonyl (C=S) groups is 1. The van der Waals surface area contributed by atoms with E-state index < -0.39 is 11.8 Å². The first-order valence-corrected chi connectivity index (χ1v) is 10.5. The molecule has 0 spiro atoms. The first-order chi connectivity index (χ1) is 15.3. The number of nitrogens with zero attached hydrogens (tertiary/aromatic N) is 2. The van der Waals surface area contributed by atoms with E-state index in [1.54, 1.807) is 13.2 Å². The summed E-state index contributed by atoms with van der Waals surface area (Å²) in [6, 6.07) is 17.2. The van der Waals surface area contributed by atoms with Gasteiger partial charge in [0.1, 0.15) is 11.3 Å². The Labute approximate surface area is 192 Å². The van der Waals surface area contributed by atoms with Crippen molar-refractivity contribution in [2.24, 2.45) is 0 Å². The summed E-state index contributed by atoms with van der Waals surface area (Å²) in [4.78, 5) is 27.5. The molecule has 1 aliphatic heterocycles. The molecule has 0 radical (unpaired) electrons. The Bertz CT molecular complexity index is 1250. The van der Waals surface area contributed by atoms with Crippen molar-refractivity contribution in [1.82, 2.24) is 9.88 Å². The van der Waals surface area contributed by atoms with Crippen LogP contribution in [0.1, 0.15) is 22.5 Å². The number of nitrogens with one attached hydrogen (secondary N) is 1. The number of hydrogen-bond acceptors (Lipinski definition) is 4. The Morgan fingerprint density at radius 3 is 2.19 bits per heavy atom. The third-order valence-electron chi connectivity index (χ3n) is 5.30. The van der Waals surface area contributed by atoms with Crippen LogP contribution in [0.2, 0.25) is 0 Å². The topological polar surface area (TPSA) is 63.6 Å². The fraction of sp³-hybridized carbons (Fsp3) is 0.160. The predicted molar refractivity (Wildman–Crippen MR) is 129 cm³/mol. The van der Waals surface area contributed by atoms with E-state index in [2.05, 4.69) is 5.32 Å². The minimum atomic E-state index is -0.513. The molecule has 1 N–H and O–H groups in total. The minimum absolute atomic E-state index is 0.0191. The standard InChI is InChI=1S/C25H23N3O3S/c1-15-11-16(2)13-20(12-15)28-24(30)22(23(29)26-25(28)32)14-19-6-5-17(3)27(19)18-7-9-21(31-4)10-8-18/h5-14H,1-4H3,(H,26,29,32)/b22-14+. The van der Waals surface area contributed by atoms with Crippen LogP contribution in [0.4, 0.5) is 5.69 Å². The van der Waals surface area contributed by atoms with E-state index in [0.29, 0.717) is 11.4 Å². The lowest BCUT2D eigenvalue weighted by Gasteiger charge is -2.29. The van der Waals surface area contributed by atoms with Gasteiger partial charge in [-0.1, -0.05) is 6.07 Å². The summed E-state index contributed by atoms with van der Waals surface area (Å²) in [5, 5.41) is 2.73. The zero-order chi connectivity index (χ0) is 23.0. The molecule has 2 amide bonds. The second-order valence-electron chi connectivity index (χ2n) is 7.74. The van der Waals surface area contributed by atoms with Crippen molar-refractivity contribution >= 4 is 40.9 Å². The molecule has 3 aromatic rings. The molecule has 0 bridgehead atoms. The maximum atomic E-state index is 13.4. The van der Waals surface area contributed by atoms with Gasteiger partial charge in [-0.25, -0.2) is 0 Å². The number of carbonyl (C=O) groups excluding carboxylic acids is 2. The molecule has 1 aliphatic rings. The van der Waals surface area contributed by atoms with Gasteiger partial charge in [0.15, 0.2) is 5.11 Å². The van der Waals surface area contributed by atoms with E-state index in [4.69, 9.17) is 17.0 Å². The minimum Gasteiger partial charge on any atom is -0.497 e. The maximum Gasteiger partial charge on any atom is 0.270 e. The lowest BCUT2D eigenvalue weighted by Crippen LogP contribution is -2.54. The van der Waals surface area contributed by atoms with Gasteiger partial charge in [-0.15, -0.1) is 0 Å². The van der Waals surface area contributed by atoms with Crippen LogP contribution in [0.3, 0.4) is 0 Å². The molecule has 1 saturated heterocycles. The smallest absolute Gasteiger partial charge is 0.270 e. The number of methoxy groups -OCH3 is 1. The predicted octanol–water partition coefficient (Wildman–Crippen LogP) is 4.24. The summed E-state index contributed by atoms with van der Waals surface area (Å²) >= 11 is 5.33. The second-order valence-corrected chi connectivity index (χ2v) is 8.12. The Balaban J connectivity index is 1.77. The van der Waals surface area contributed by atoms with Crippen LogP contribution in [0, 0.1) is 20.8 Å². The Kier molecular flexibility index (Phi) is 5.67. The van der Waals surface area contributed by atoms with Crippen LogP contribution in [-0.4, -0.2) is 28.6 Å². The maximum absolute atomic E-state index is 13.4. The summed E-state index contributed by atoms with van der Waals surface area (Å²) in [6.07, 6.45) is 1.60. The highest BCUT2D eigenvalue weighted by Crippen LogP contribution is 2.26. The quantitative estimate of drug-likeness (QED) is 0.371. The zero-order valence-electron chi connectivity index (χ0n) is 18.3. The van der Waals surface area contributed by atoms with Crippen molar-refractivity contribution in [2.45, 2.75) is 20.8 Å². The highest BCUT2D eigenvalue weighted by Gasteiger charge is 2.35. The van der Waals surface area contributed by atoms with E-state index in [-0.39, 0.29) is 10.7 Å². The average molecular weight is 446 g/mol. The molecular weight excluding hydrogens is 422 g/mol. The fourth-order valence-corrected chi connectivity index (χ4v) is 4.16. The molecule has 0 atom stereocenters. The van der Waals surface area contributed by atoms with Gasteiger partial charge in [0.05, 0.1) is 12.8 Å². The van der Waals surface area contributed by atoms with Crippen LogP contribution < -0.4 is 15.0 Å². The number of amides is 2. The van der Waals surface area contributed by atoms with E-state index in [9.17, 15) is 9.59 Å². The molecule has 32 heavy (non-hydrogen) atoms.